The smallest absolute Gasteiger partial charge is 0.206 e. The van der Waals surface area contributed by atoms with Gasteiger partial charge in [0, 0.05) is 23.4 Å². The average Bonchev–Trinajstić information content (AvgIpc) is 3.01. The number of rotatable bonds is 6. The average molecular weight is 371 g/mol. The number of hydrogen-bond acceptors (Lipinski definition) is 6. The van der Waals surface area contributed by atoms with Crippen LogP contribution in [0.1, 0.15) is 43.8 Å². The SMILES string of the molecule is OC(CSc1nnc(NC2CCCCC2)s1)c1ccc(F)cc1F. The molecule has 8 heteroatoms. The van der Waals surface area contributed by atoms with Gasteiger partial charge in [-0.05, 0) is 18.9 Å². The van der Waals surface area contributed by atoms with Crippen LogP contribution in [0.5, 0.6) is 0 Å². The number of halogens is 2. The number of anilines is 1. The molecule has 2 N–H and O–H groups in total. The van der Waals surface area contributed by atoms with Crippen molar-refractivity contribution in [1.82, 2.24) is 10.2 Å². The Morgan fingerprint density at radius 3 is 2.79 bits per heavy atom. The predicted octanol–water partition coefficient (Wildman–Crippen LogP) is 4.39. The van der Waals surface area contributed by atoms with Gasteiger partial charge in [-0.2, -0.15) is 0 Å². The first-order valence-electron chi connectivity index (χ1n) is 7.97. The lowest BCUT2D eigenvalue weighted by molar-refractivity contribution is 0.198. The number of nitrogens with zero attached hydrogens (tertiary/aromatic N) is 2. The number of aliphatic hydroxyl groups excluding tert-OH is 1. The van der Waals surface area contributed by atoms with Crippen molar-refractivity contribution in [3.05, 3.63) is 35.4 Å². The highest BCUT2D eigenvalue weighted by Crippen LogP contribution is 2.31. The maximum Gasteiger partial charge on any atom is 0.206 e. The molecule has 24 heavy (non-hydrogen) atoms. The topological polar surface area (TPSA) is 58.0 Å². The number of nitrogens with one attached hydrogen (secondary N) is 1. The van der Waals surface area contributed by atoms with Gasteiger partial charge in [0.1, 0.15) is 11.6 Å². The number of thioether (sulfide) groups is 1. The molecule has 2 aromatic rings. The summed E-state index contributed by atoms with van der Waals surface area (Å²) in [4.78, 5) is 0. The van der Waals surface area contributed by atoms with E-state index in [0.29, 0.717) is 6.04 Å². The van der Waals surface area contributed by atoms with Crippen molar-refractivity contribution in [1.29, 1.82) is 0 Å². The van der Waals surface area contributed by atoms with E-state index in [2.05, 4.69) is 15.5 Å². The lowest BCUT2D eigenvalue weighted by Crippen LogP contribution is -2.21. The fraction of sp³-hybridized carbons (Fsp3) is 0.500. The van der Waals surface area contributed by atoms with Crippen LogP contribution in [0.4, 0.5) is 13.9 Å². The Morgan fingerprint density at radius 1 is 1.25 bits per heavy atom. The van der Waals surface area contributed by atoms with E-state index < -0.39 is 17.7 Å². The Labute approximate surface area is 147 Å². The third kappa shape index (κ3) is 4.64. The van der Waals surface area contributed by atoms with E-state index in [0.717, 1.165) is 34.4 Å². The first kappa shape index (κ1) is 17.6. The van der Waals surface area contributed by atoms with Crippen molar-refractivity contribution in [3.8, 4) is 0 Å². The van der Waals surface area contributed by atoms with E-state index in [4.69, 9.17) is 0 Å². The first-order chi connectivity index (χ1) is 11.6. The van der Waals surface area contributed by atoms with Crippen molar-refractivity contribution >= 4 is 28.2 Å². The van der Waals surface area contributed by atoms with Crippen LogP contribution in [0, 0.1) is 11.6 Å². The number of benzene rings is 1. The number of aromatic nitrogens is 2. The molecule has 3 rings (SSSR count). The van der Waals surface area contributed by atoms with Crippen molar-refractivity contribution in [2.24, 2.45) is 0 Å². The summed E-state index contributed by atoms with van der Waals surface area (Å²) in [6.45, 7) is 0. The fourth-order valence-electron chi connectivity index (χ4n) is 2.76. The second kappa shape index (κ2) is 8.22. The van der Waals surface area contributed by atoms with Gasteiger partial charge in [0.05, 0.1) is 6.10 Å². The fourth-order valence-corrected chi connectivity index (χ4v) is 4.57. The van der Waals surface area contributed by atoms with Crippen molar-refractivity contribution in [2.45, 2.75) is 48.6 Å². The Kier molecular flexibility index (Phi) is 6.02. The van der Waals surface area contributed by atoms with Crippen LogP contribution in [0.2, 0.25) is 0 Å². The summed E-state index contributed by atoms with van der Waals surface area (Å²) in [5.74, 6) is -1.15. The van der Waals surface area contributed by atoms with E-state index in [9.17, 15) is 13.9 Å². The lowest BCUT2D eigenvalue weighted by atomic mass is 9.96. The molecule has 1 saturated carbocycles. The molecule has 0 bridgehead atoms. The molecule has 0 radical (unpaired) electrons. The van der Waals surface area contributed by atoms with Gasteiger partial charge >= 0.3 is 0 Å². The van der Waals surface area contributed by atoms with Gasteiger partial charge in [-0.15, -0.1) is 10.2 Å². The summed E-state index contributed by atoms with van der Waals surface area (Å²) in [7, 11) is 0. The summed E-state index contributed by atoms with van der Waals surface area (Å²) in [6, 6.07) is 3.65. The first-order valence-corrected chi connectivity index (χ1v) is 9.78. The largest absolute Gasteiger partial charge is 0.387 e. The molecular weight excluding hydrogens is 352 g/mol. The third-order valence-electron chi connectivity index (χ3n) is 4.03. The molecular formula is C16H19F2N3OS2. The van der Waals surface area contributed by atoms with Gasteiger partial charge in [-0.25, -0.2) is 8.78 Å². The number of hydrogen-bond donors (Lipinski definition) is 2. The standard InChI is InChI=1S/C16H19F2N3OS2/c17-10-6-7-12(13(18)8-10)14(22)9-23-16-21-20-15(24-16)19-11-4-2-1-3-5-11/h6-8,11,14,22H,1-5,9H2,(H,19,20). The van der Waals surface area contributed by atoms with Crippen LogP contribution < -0.4 is 5.32 Å². The molecule has 0 aliphatic heterocycles. The maximum atomic E-state index is 13.6. The normalized spacial score (nSPS) is 17.0. The Balaban J connectivity index is 1.53. The summed E-state index contributed by atoms with van der Waals surface area (Å²) < 4.78 is 27.3. The Bertz CT molecular complexity index is 677. The van der Waals surface area contributed by atoms with E-state index >= 15 is 0 Å². The summed E-state index contributed by atoms with van der Waals surface area (Å²) in [5.41, 5.74) is 0.0916. The van der Waals surface area contributed by atoms with E-state index in [1.807, 2.05) is 0 Å². The monoisotopic (exact) mass is 371 g/mol. The minimum atomic E-state index is -1.02. The highest BCUT2D eigenvalue weighted by molar-refractivity contribution is 8.01. The minimum absolute atomic E-state index is 0.0916. The second-order valence-corrected chi connectivity index (χ2v) is 8.09. The molecule has 1 aliphatic carbocycles. The van der Waals surface area contributed by atoms with Crippen molar-refractivity contribution in [3.63, 3.8) is 0 Å². The van der Waals surface area contributed by atoms with Crippen LogP contribution in [-0.2, 0) is 0 Å². The zero-order valence-corrected chi connectivity index (χ0v) is 14.7. The molecule has 1 aromatic heterocycles. The van der Waals surface area contributed by atoms with Crippen molar-refractivity contribution in [2.75, 3.05) is 11.1 Å². The zero-order valence-electron chi connectivity index (χ0n) is 13.0. The van der Waals surface area contributed by atoms with Gasteiger partial charge in [0.15, 0.2) is 4.34 Å². The maximum absolute atomic E-state index is 13.6. The van der Waals surface area contributed by atoms with Crippen LogP contribution in [0.3, 0.4) is 0 Å². The molecule has 1 heterocycles. The van der Waals surface area contributed by atoms with E-state index in [1.54, 1.807) is 0 Å². The molecule has 1 unspecified atom stereocenters. The van der Waals surface area contributed by atoms with Gasteiger partial charge in [-0.3, -0.25) is 0 Å². The van der Waals surface area contributed by atoms with Gasteiger partial charge in [0.25, 0.3) is 0 Å². The molecule has 0 saturated heterocycles. The molecule has 1 aliphatic rings. The highest BCUT2D eigenvalue weighted by atomic mass is 32.2. The molecule has 4 nitrogen and oxygen atoms in total. The van der Waals surface area contributed by atoms with Crippen LogP contribution in [0.25, 0.3) is 0 Å². The van der Waals surface area contributed by atoms with Crippen LogP contribution >= 0.6 is 23.1 Å². The van der Waals surface area contributed by atoms with Gasteiger partial charge < -0.3 is 10.4 Å². The van der Waals surface area contributed by atoms with E-state index in [1.165, 1.54) is 48.4 Å². The summed E-state index contributed by atoms with van der Waals surface area (Å²) in [5, 5.41) is 22.5. The molecule has 130 valence electrons. The van der Waals surface area contributed by atoms with Crippen LogP contribution in [-0.4, -0.2) is 27.1 Å². The predicted molar refractivity (Wildman–Crippen MR) is 92.4 cm³/mol. The summed E-state index contributed by atoms with van der Waals surface area (Å²) >= 11 is 2.75. The van der Waals surface area contributed by atoms with E-state index in [-0.39, 0.29) is 11.3 Å². The molecule has 1 atom stereocenters. The van der Waals surface area contributed by atoms with Gasteiger partial charge in [0.2, 0.25) is 5.13 Å². The highest BCUT2D eigenvalue weighted by Gasteiger charge is 2.17. The lowest BCUT2D eigenvalue weighted by Gasteiger charge is -2.21. The van der Waals surface area contributed by atoms with Crippen molar-refractivity contribution < 1.29 is 13.9 Å². The molecule has 1 fully saturated rings. The summed E-state index contributed by atoms with van der Waals surface area (Å²) in [6.07, 6.45) is 5.08. The molecule has 0 spiro atoms. The molecule has 1 aromatic carbocycles. The van der Waals surface area contributed by atoms with Crippen LogP contribution in [0.15, 0.2) is 22.5 Å². The number of aliphatic hydroxyl groups is 1. The molecule has 0 amide bonds. The third-order valence-corrected chi connectivity index (χ3v) is 6.09. The Hall–Kier alpha value is -1.25. The quantitative estimate of drug-likeness (QED) is 0.738. The van der Waals surface area contributed by atoms with Gasteiger partial charge in [-0.1, -0.05) is 48.4 Å². The minimum Gasteiger partial charge on any atom is -0.387 e. The second-order valence-electron chi connectivity index (χ2n) is 5.85. The Morgan fingerprint density at radius 2 is 2.04 bits per heavy atom. The zero-order chi connectivity index (χ0) is 16.9.